The van der Waals surface area contributed by atoms with Gasteiger partial charge in [-0.1, -0.05) is 0 Å². The molecule has 0 radical (unpaired) electrons. The molecular formula is C5H11NO. The Labute approximate surface area is 43.6 Å². The van der Waals surface area contributed by atoms with Crippen LogP contribution in [-0.4, -0.2) is 18.8 Å². The average molecular weight is 101 g/mol. The van der Waals surface area contributed by atoms with Crippen molar-refractivity contribution >= 4 is 0 Å². The van der Waals surface area contributed by atoms with E-state index in [2.05, 4.69) is 0 Å². The summed E-state index contributed by atoms with van der Waals surface area (Å²) in [6, 6.07) is 0.292. The summed E-state index contributed by atoms with van der Waals surface area (Å²) in [6.45, 7) is 2.86. The van der Waals surface area contributed by atoms with E-state index in [1.807, 2.05) is 6.92 Å². The van der Waals surface area contributed by atoms with Crippen LogP contribution in [0, 0.1) is 0 Å². The molecule has 0 aromatic rings. The van der Waals surface area contributed by atoms with Crippen molar-refractivity contribution in [1.82, 2.24) is 0 Å². The Morgan fingerprint density at radius 1 is 1.71 bits per heavy atom. The normalized spacial score (nSPS) is 42.0. The molecular weight excluding hydrogens is 90.1 g/mol. The molecule has 0 aromatic carbocycles. The molecule has 0 unspecified atom stereocenters. The zero-order chi connectivity index (χ0) is 5.28. The highest BCUT2D eigenvalue weighted by Crippen LogP contribution is 2.08. The van der Waals surface area contributed by atoms with Crippen molar-refractivity contribution in [1.29, 1.82) is 0 Å². The fourth-order valence-corrected chi connectivity index (χ4v) is 0.748. The smallest absolute Gasteiger partial charge is 0.0698 e. The lowest BCUT2D eigenvalue weighted by molar-refractivity contribution is 0.119. The van der Waals surface area contributed by atoms with Crippen LogP contribution >= 0.6 is 0 Å². The summed E-state index contributed by atoms with van der Waals surface area (Å²) >= 11 is 0. The second-order valence-electron chi connectivity index (χ2n) is 2.03. The Kier molecular flexibility index (Phi) is 1.30. The maximum atomic E-state index is 5.55. The van der Waals surface area contributed by atoms with Crippen molar-refractivity contribution in [3.8, 4) is 0 Å². The van der Waals surface area contributed by atoms with Crippen molar-refractivity contribution in [3.05, 3.63) is 0 Å². The minimum atomic E-state index is 0.292. The van der Waals surface area contributed by atoms with E-state index in [-0.39, 0.29) is 0 Å². The minimum Gasteiger partial charge on any atom is -0.377 e. The van der Waals surface area contributed by atoms with Gasteiger partial charge in [0.25, 0.3) is 0 Å². The van der Waals surface area contributed by atoms with Gasteiger partial charge in [-0.05, 0) is 13.3 Å². The van der Waals surface area contributed by atoms with E-state index in [9.17, 15) is 0 Å². The van der Waals surface area contributed by atoms with Gasteiger partial charge in [0.05, 0.1) is 6.10 Å². The van der Waals surface area contributed by atoms with Crippen molar-refractivity contribution < 1.29 is 4.74 Å². The Morgan fingerprint density at radius 3 is 2.57 bits per heavy atom. The predicted molar refractivity (Wildman–Crippen MR) is 28.0 cm³/mol. The summed E-state index contributed by atoms with van der Waals surface area (Å²) in [5.74, 6) is 0. The molecule has 1 saturated heterocycles. The Bertz CT molecular complexity index is 57.1. The highest BCUT2D eigenvalue weighted by Gasteiger charge is 2.18. The minimum absolute atomic E-state index is 0.292. The topological polar surface area (TPSA) is 35.2 Å². The predicted octanol–water partition coefficient (Wildman–Crippen LogP) is 0.123. The molecule has 0 aliphatic carbocycles. The van der Waals surface area contributed by atoms with Crippen LogP contribution in [0.1, 0.15) is 13.3 Å². The van der Waals surface area contributed by atoms with E-state index in [1.165, 1.54) is 0 Å². The van der Waals surface area contributed by atoms with Crippen LogP contribution in [-0.2, 0) is 4.74 Å². The summed E-state index contributed by atoms with van der Waals surface area (Å²) in [6.07, 6.45) is 1.32. The van der Waals surface area contributed by atoms with Gasteiger partial charge >= 0.3 is 0 Å². The van der Waals surface area contributed by atoms with Crippen molar-refractivity contribution in [2.45, 2.75) is 25.5 Å². The van der Waals surface area contributed by atoms with Crippen molar-refractivity contribution in [3.63, 3.8) is 0 Å². The molecule has 1 rings (SSSR count). The number of hydrogen-bond donors (Lipinski definition) is 1. The molecule has 2 N–H and O–H groups in total. The molecule has 1 heterocycles. The second kappa shape index (κ2) is 1.80. The largest absolute Gasteiger partial charge is 0.377 e. The number of nitrogens with two attached hydrogens (primary N) is 1. The lowest BCUT2D eigenvalue weighted by Crippen LogP contribution is -2.26. The molecule has 0 saturated carbocycles. The third kappa shape index (κ3) is 0.924. The number of ether oxygens (including phenoxy) is 1. The van der Waals surface area contributed by atoms with Crippen LogP contribution in [0.4, 0.5) is 0 Å². The van der Waals surface area contributed by atoms with Crippen LogP contribution < -0.4 is 5.73 Å². The monoisotopic (exact) mass is 101 g/mol. The maximum Gasteiger partial charge on any atom is 0.0698 e. The summed E-state index contributed by atoms with van der Waals surface area (Å²) < 4.78 is 5.14. The molecule has 0 amide bonds. The van der Waals surface area contributed by atoms with Gasteiger partial charge in [-0.3, -0.25) is 0 Å². The lowest BCUT2D eigenvalue weighted by atomic mass is 10.2. The first-order valence-corrected chi connectivity index (χ1v) is 2.68. The van der Waals surface area contributed by atoms with Crippen LogP contribution in [0.2, 0.25) is 0 Å². The van der Waals surface area contributed by atoms with E-state index in [1.54, 1.807) is 0 Å². The molecule has 1 aliphatic rings. The van der Waals surface area contributed by atoms with E-state index in [0.717, 1.165) is 13.0 Å². The average Bonchev–Trinajstić information content (AvgIpc) is 1.91. The SMILES string of the molecule is C[C@H]1OCC[C@H]1N. The molecule has 7 heavy (non-hydrogen) atoms. The van der Waals surface area contributed by atoms with Gasteiger partial charge < -0.3 is 10.5 Å². The molecule has 1 aliphatic heterocycles. The first-order valence-electron chi connectivity index (χ1n) is 2.68. The highest BCUT2D eigenvalue weighted by atomic mass is 16.5. The maximum absolute atomic E-state index is 5.55. The molecule has 0 spiro atoms. The highest BCUT2D eigenvalue weighted by molar-refractivity contribution is 4.74. The van der Waals surface area contributed by atoms with Crippen molar-refractivity contribution in [2.75, 3.05) is 6.61 Å². The van der Waals surface area contributed by atoms with Crippen molar-refractivity contribution in [2.24, 2.45) is 5.73 Å². The Hall–Kier alpha value is -0.0800. The Balaban J connectivity index is 2.33. The van der Waals surface area contributed by atoms with E-state index in [4.69, 9.17) is 10.5 Å². The first kappa shape index (κ1) is 5.06. The van der Waals surface area contributed by atoms with E-state index >= 15 is 0 Å². The second-order valence-corrected chi connectivity index (χ2v) is 2.03. The molecule has 0 aromatic heterocycles. The zero-order valence-corrected chi connectivity index (χ0v) is 4.55. The van der Waals surface area contributed by atoms with Gasteiger partial charge in [-0.2, -0.15) is 0 Å². The molecule has 42 valence electrons. The summed E-state index contributed by atoms with van der Waals surface area (Å²) in [4.78, 5) is 0. The van der Waals surface area contributed by atoms with Gasteiger partial charge in [-0.15, -0.1) is 0 Å². The standard InChI is InChI=1S/C5H11NO/c1-4-5(6)2-3-7-4/h4-5H,2-3,6H2,1H3/t4-,5-/m1/s1. The van der Waals surface area contributed by atoms with Gasteiger partial charge in [0, 0.05) is 12.6 Å². The van der Waals surface area contributed by atoms with Gasteiger partial charge in [0.15, 0.2) is 0 Å². The summed E-state index contributed by atoms with van der Waals surface area (Å²) in [5, 5.41) is 0. The fourth-order valence-electron chi connectivity index (χ4n) is 0.748. The van der Waals surface area contributed by atoms with Crippen LogP contribution in [0.25, 0.3) is 0 Å². The molecule has 1 fully saturated rings. The molecule has 0 bridgehead atoms. The number of rotatable bonds is 0. The quantitative estimate of drug-likeness (QED) is 0.470. The first-order chi connectivity index (χ1) is 3.30. The van der Waals surface area contributed by atoms with Crippen LogP contribution in [0.15, 0.2) is 0 Å². The van der Waals surface area contributed by atoms with Gasteiger partial charge in [-0.25, -0.2) is 0 Å². The molecule has 2 nitrogen and oxygen atoms in total. The van der Waals surface area contributed by atoms with E-state index < -0.39 is 0 Å². The zero-order valence-electron chi connectivity index (χ0n) is 4.55. The third-order valence-electron chi connectivity index (χ3n) is 1.43. The summed E-state index contributed by atoms with van der Waals surface area (Å²) in [7, 11) is 0. The van der Waals surface area contributed by atoms with E-state index in [0.29, 0.717) is 12.1 Å². The van der Waals surface area contributed by atoms with Gasteiger partial charge in [0.2, 0.25) is 0 Å². The Morgan fingerprint density at radius 2 is 2.43 bits per heavy atom. The molecule has 2 heteroatoms. The van der Waals surface area contributed by atoms with Gasteiger partial charge in [0.1, 0.15) is 0 Å². The fraction of sp³-hybridized carbons (Fsp3) is 1.00. The van der Waals surface area contributed by atoms with Crippen LogP contribution in [0.3, 0.4) is 0 Å². The third-order valence-corrected chi connectivity index (χ3v) is 1.43. The number of hydrogen-bond acceptors (Lipinski definition) is 2. The lowest BCUT2D eigenvalue weighted by Gasteiger charge is -2.04. The van der Waals surface area contributed by atoms with Crippen LogP contribution in [0.5, 0.6) is 0 Å². The summed E-state index contributed by atoms with van der Waals surface area (Å²) in [5.41, 5.74) is 5.55. The molecule has 2 atom stereocenters.